The lowest BCUT2D eigenvalue weighted by atomic mass is 9.74. The molecule has 88 valence electrons. The van der Waals surface area contributed by atoms with Gasteiger partial charge in [0.2, 0.25) is 0 Å². The van der Waals surface area contributed by atoms with Crippen LogP contribution in [0.1, 0.15) is 24.8 Å². The minimum atomic E-state index is -0.502. The van der Waals surface area contributed by atoms with Crippen molar-refractivity contribution in [3.05, 3.63) is 23.9 Å². The molecule has 0 amide bonds. The molecule has 0 bridgehead atoms. The highest BCUT2D eigenvalue weighted by Gasteiger charge is 2.43. The molecular formula is C12H18N2O2. The molecule has 1 unspecified atom stereocenters. The van der Waals surface area contributed by atoms with E-state index in [1.807, 2.05) is 12.1 Å². The summed E-state index contributed by atoms with van der Waals surface area (Å²) >= 11 is 0. The van der Waals surface area contributed by atoms with E-state index < -0.39 is 6.10 Å². The third-order valence-electron chi connectivity index (χ3n) is 3.55. The summed E-state index contributed by atoms with van der Waals surface area (Å²) in [6.07, 6.45) is 4.62. The molecule has 1 aliphatic carbocycles. The number of anilines is 1. The molecule has 4 heteroatoms. The number of aliphatic hydroxyl groups excluding tert-OH is 1. The Hall–Kier alpha value is -1.13. The van der Waals surface area contributed by atoms with Crippen molar-refractivity contribution < 1.29 is 9.84 Å². The fourth-order valence-electron chi connectivity index (χ4n) is 2.22. The van der Waals surface area contributed by atoms with Crippen LogP contribution in [0.15, 0.2) is 18.3 Å². The Morgan fingerprint density at radius 3 is 2.88 bits per heavy atom. The summed E-state index contributed by atoms with van der Waals surface area (Å²) in [6, 6.07) is 3.73. The Morgan fingerprint density at radius 2 is 2.38 bits per heavy atom. The van der Waals surface area contributed by atoms with E-state index in [0.29, 0.717) is 12.2 Å². The van der Waals surface area contributed by atoms with Crippen molar-refractivity contribution in [1.82, 2.24) is 4.98 Å². The van der Waals surface area contributed by atoms with Gasteiger partial charge in [0.1, 0.15) is 5.82 Å². The fraction of sp³-hybridized carbons (Fsp3) is 0.583. The van der Waals surface area contributed by atoms with Crippen LogP contribution in [0.3, 0.4) is 0 Å². The first-order valence-corrected chi connectivity index (χ1v) is 5.60. The smallest absolute Gasteiger partial charge is 0.126 e. The second-order valence-electron chi connectivity index (χ2n) is 4.39. The van der Waals surface area contributed by atoms with Crippen LogP contribution in [0.2, 0.25) is 0 Å². The van der Waals surface area contributed by atoms with E-state index in [9.17, 15) is 5.11 Å². The number of nitrogens with zero attached hydrogens (tertiary/aromatic N) is 1. The first-order chi connectivity index (χ1) is 7.68. The van der Waals surface area contributed by atoms with Crippen LogP contribution in [0, 0.1) is 0 Å². The van der Waals surface area contributed by atoms with Crippen LogP contribution in [-0.2, 0) is 11.2 Å². The predicted molar refractivity (Wildman–Crippen MR) is 62.0 cm³/mol. The maximum Gasteiger partial charge on any atom is 0.126 e. The highest BCUT2D eigenvalue weighted by molar-refractivity contribution is 5.39. The van der Waals surface area contributed by atoms with Gasteiger partial charge in [0, 0.05) is 19.7 Å². The molecule has 4 nitrogen and oxygen atoms in total. The van der Waals surface area contributed by atoms with E-state index in [1.165, 1.54) is 0 Å². The largest absolute Gasteiger partial charge is 0.390 e. The van der Waals surface area contributed by atoms with Gasteiger partial charge in [-0.2, -0.15) is 0 Å². The van der Waals surface area contributed by atoms with Gasteiger partial charge in [-0.3, -0.25) is 0 Å². The maximum absolute atomic E-state index is 10.2. The Morgan fingerprint density at radius 1 is 1.62 bits per heavy atom. The number of hydrogen-bond acceptors (Lipinski definition) is 4. The minimum Gasteiger partial charge on any atom is -0.390 e. The zero-order valence-electron chi connectivity index (χ0n) is 9.52. The van der Waals surface area contributed by atoms with Gasteiger partial charge in [0.05, 0.1) is 11.7 Å². The molecule has 1 fully saturated rings. The Labute approximate surface area is 95.4 Å². The average Bonchev–Trinajstić information content (AvgIpc) is 2.21. The maximum atomic E-state index is 10.2. The summed E-state index contributed by atoms with van der Waals surface area (Å²) in [6.45, 7) is 0. The van der Waals surface area contributed by atoms with E-state index in [0.717, 1.165) is 24.8 Å². The lowest BCUT2D eigenvalue weighted by Crippen LogP contribution is -2.50. The number of pyridine rings is 1. The van der Waals surface area contributed by atoms with Gasteiger partial charge in [-0.05, 0) is 30.9 Å². The molecule has 0 radical (unpaired) electrons. The summed E-state index contributed by atoms with van der Waals surface area (Å²) in [5.41, 5.74) is 6.28. The van der Waals surface area contributed by atoms with Crippen molar-refractivity contribution in [1.29, 1.82) is 0 Å². The molecule has 1 aromatic rings. The highest BCUT2D eigenvalue weighted by Crippen LogP contribution is 2.39. The quantitative estimate of drug-likeness (QED) is 0.801. The number of ether oxygens (including phenoxy) is 1. The van der Waals surface area contributed by atoms with Crippen LogP contribution < -0.4 is 5.73 Å². The molecule has 1 aromatic heterocycles. The average molecular weight is 222 g/mol. The number of aromatic nitrogens is 1. The van der Waals surface area contributed by atoms with E-state index in [1.54, 1.807) is 13.3 Å². The first-order valence-electron chi connectivity index (χ1n) is 5.60. The van der Waals surface area contributed by atoms with Crippen molar-refractivity contribution >= 4 is 5.82 Å². The van der Waals surface area contributed by atoms with E-state index >= 15 is 0 Å². The van der Waals surface area contributed by atoms with Gasteiger partial charge in [0.25, 0.3) is 0 Å². The number of methoxy groups -OCH3 is 1. The first kappa shape index (κ1) is 11.4. The second kappa shape index (κ2) is 4.39. The predicted octanol–water partition coefficient (Wildman–Crippen LogP) is 1.14. The molecule has 0 aromatic carbocycles. The van der Waals surface area contributed by atoms with E-state index in [-0.39, 0.29) is 5.60 Å². The molecule has 0 aliphatic heterocycles. The van der Waals surface area contributed by atoms with Crippen LogP contribution >= 0.6 is 0 Å². The summed E-state index contributed by atoms with van der Waals surface area (Å²) in [7, 11) is 1.66. The van der Waals surface area contributed by atoms with Crippen molar-refractivity contribution in [2.45, 2.75) is 37.4 Å². The fourth-order valence-corrected chi connectivity index (χ4v) is 2.22. The van der Waals surface area contributed by atoms with Gasteiger partial charge in [-0.15, -0.1) is 0 Å². The standard InChI is InChI=1S/C12H18N2O2/c1-16-12(5-3-6-12)10(15)8-9-4-2-7-14-11(9)13/h2,4,7,10,15H,3,5-6,8H2,1H3,(H2,13,14). The topological polar surface area (TPSA) is 68.4 Å². The molecule has 0 spiro atoms. The molecule has 2 rings (SSSR count). The third-order valence-corrected chi connectivity index (χ3v) is 3.55. The summed E-state index contributed by atoms with van der Waals surface area (Å²) in [5, 5.41) is 10.2. The second-order valence-corrected chi connectivity index (χ2v) is 4.39. The highest BCUT2D eigenvalue weighted by atomic mass is 16.5. The molecular weight excluding hydrogens is 204 g/mol. The summed E-state index contributed by atoms with van der Waals surface area (Å²) < 4.78 is 5.44. The number of nitrogens with two attached hydrogens (primary N) is 1. The monoisotopic (exact) mass is 222 g/mol. The van der Waals surface area contributed by atoms with Crippen LogP contribution in [-0.4, -0.2) is 28.9 Å². The number of hydrogen-bond donors (Lipinski definition) is 2. The SMILES string of the molecule is COC1(C(O)Cc2cccnc2N)CCC1. The number of rotatable bonds is 4. The van der Waals surface area contributed by atoms with Gasteiger partial charge in [-0.1, -0.05) is 6.07 Å². The lowest BCUT2D eigenvalue weighted by Gasteiger charge is -2.44. The van der Waals surface area contributed by atoms with E-state index in [4.69, 9.17) is 10.5 Å². The number of nitrogen functional groups attached to an aromatic ring is 1. The molecule has 1 saturated carbocycles. The number of aliphatic hydroxyl groups is 1. The van der Waals surface area contributed by atoms with Crippen molar-refractivity contribution in [2.75, 3.05) is 12.8 Å². The van der Waals surface area contributed by atoms with Crippen molar-refractivity contribution in [2.24, 2.45) is 0 Å². The molecule has 1 heterocycles. The lowest BCUT2D eigenvalue weighted by molar-refractivity contribution is -0.148. The van der Waals surface area contributed by atoms with Gasteiger partial charge < -0.3 is 15.6 Å². The Kier molecular flexibility index (Phi) is 3.12. The van der Waals surface area contributed by atoms with Crippen molar-refractivity contribution in [3.8, 4) is 0 Å². The summed E-state index contributed by atoms with van der Waals surface area (Å²) in [4.78, 5) is 4.01. The van der Waals surface area contributed by atoms with Crippen molar-refractivity contribution in [3.63, 3.8) is 0 Å². The zero-order chi connectivity index (χ0) is 11.6. The molecule has 16 heavy (non-hydrogen) atoms. The van der Waals surface area contributed by atoms with Gasteiger partial charge in [0.15, 0.2) is 0 Å². The van der Waals surface area contributed by atoms with Gasteiger partial charge in [-0.25, -0.2) is 4.98 Å². The minimum absolute atomic E-state index is 0.359. The molecule has 0 saturated heterocycles. The molecule has 3 N–H and O–H groups in total. The van der Waals surface area contributed by atoms with Crippen LogP contribution in [0.5, 0.6) is 0 Å². The zero-order valence-corrected chi connectivity index (χ0v) is 9.52. The normalized spacial score (nSPS) is 20.1. The summed E-state index contributed by atoms with van der Waals surface area (Å²) in [5.74, 6) is 0.493. The molecule has 1 aliphatic rings. The van der Waals surface area contributed by atoms with Crippen LogP contribution in [0.4, 0.5) is 5.82 Å². The Balaban J connectivity index is 2.07. The van der Waals surface area contributed by atoms with E-state index in [2.05, 4.69) is 4.98 Å². The van der Waals surface area contributed by atoms with Crippen LogP contribution in [0.25, 0.3) is 0 Å². The van der Waals surface area contributed by atoms with Gasteiger partial charge >= 0.3 is 0 Å². The Bertz CT molecular complexity index is 358. The third kappa shape index (κ3) is 1.90. The molecule has 1 atom stereocenters.